The fourth-order valence-electron chi connectivity index (χ4n) is 7.37. The van der Waals surface area contributed by atoms with Gasteiger partial charge in [0, 0.05) is 74.1 Å². The zero-order valence-electron chi connectivity index (χ0n) is 29.3. The maximum absolute atomic E-state index is 14.1. The highest BCUT2D eigenvalue weighted by Crippen LogP contribution is 2.39. The number of halogens is 2. The van der Waals surface area contributed by atoms with Gasteiger partial charge in [-0.1, -0.05) is 17.7 Å². The Bertz CT molecular complexity index is 1660. The Morgan fingerprint density at radius 1 is 1.04 bits per heavy atom. The first-order chi connectivity index (χ1) is 23.8. The monoisotopic (exact) mass is 767 g/mol. The van der Waals surface area contributed by atoms with Crippen molar-refractivity contribution in [1.29, 1.82) is 0 Å². The predicted octanol–water partition coefficient (Wildman–Crippen LogP) is 5.56. The number of nitrogens with one attached hydrogen (secondary N) is 1. The van der Waals surface area contributed by atoms with Crippen molar-refractivity contribution in [2.75, 3.05) is 39.3 Å². The summed E-state index contributed by atoms with van der Waals surface area (Å²) in [6, 6.07) is 7.32. The molecule has 11 nitrogen and oxygen atoms in total. The van der Waals surface area contributed by atoms with Crippen molar-refractivity contribution in [3.8, 4) is 0 Å². The van der Waals surface area contributed by atoms with Crippen LogP contribution in [0.5, 0.6) is 0 Å². The molecule has 4 heterocycles. The van der Waals surface area contributed by atoms with Crippen LogP contribution < -0.4 is 5.32 Å². The zero-order chi connectivity index (χ0) is 35.6. The van der Waals surface area contributed by atoms with Gasteiger partial charge in [-0.05, 0) is 110 Å². The Labute approximate surface area is 307 Å². The summed E-state index contributed by atoms with van der Waals surface area (Å²) < 4.78 is 8.43. The van der Waals surface area contributed by atoms with E-state index in [0.717, 1.165) is 39.8 Å². The average Bonchev–Trinajstić information content (AvgIpc) is 3.42. The van der Waals surface area contributed by atoms with Crippen molar-refractivity contribution < 1.29 is 19.1 Å². The topological polar surface area (TPSA) is 113 Å². The van der Waals surface area contributed by atoms with E-state index in [0.29, 0.717) is 70.1 Å². The molecule has 0 spiro atoms. The number of amides is 3. The van der Waals surface area contributed by atoms with Crippen LogP contribution in [0.25, 0.3) is 0 Å². The lowest BCUT2D eigenvalue weighted by Crippen LogP contribution is -2.61. The standard InChI is InChI=1S/C37H47BrClN7O4/c1-24-21-43(23-42-24)14-11-40-35(48)31-22-45(34-30-8-7-29(39)19-26(30)5-6-27-18-28(38)20-41-33(27)34)15-16-46(31)32(47)17-25-9-12-44(13-10-25)36(49)50-37(2,3)4/h7-8,18-21,23,25,31,34H,5-6,9-17,22H2,1-4H3,(H,40,48)/t31-,34?/m1/s1. The molecule has 2 atom stereocenters. The Morgan fingerprint density at radius 2 is 1.80 bits per heavy atom. The number of ether oxygens (including phenoxy) is 1. The molecular weight excluding hydrogens is 722 g/mol. The molecule has 2 fully saturated rings. The number of fused-ring (bicyclic) bond motifs is 2. The average molecular weight is 769 g/mol. The Hall–Kier alpha value is -3.48. The number of carbonyl (C=O) groups excluding carboxylic acids is 3. The number of aryl methyl sites for hydroxylation is 3. The molecule has 1 aromatic carbocycles. The third-order valence-corrected chi connectivity index (χ3v) is 10.5. The van der Waals surface area contributed by atoms with Gasteiger partial charge in [-0.25, -0.2) is 9.78 Å². The van der Waals surface area contributed by atoms with Crippen molar-refractivity contribution in [1.82, 2.24) is 34.6 Å². The van der Waals surface area contributed by atoms with Gasteiger partial charge >= 0.3 is 6.09 Å². The molecule has 268 valence electrons. The van der Waals surface area contributed by atoms with Crippen LogP contribution in [0, 0.1) is 12.8 Å². The molecule has 0 saturated carbocycles. The fraction of sp³-hybridized carbons (Fsp3) is 0.541. The van der Waals surface area contributed by atoms with Crippen LogP contribution in [0.3, 0.4) is 0 Å². The minimum Gasteiger partial charge on any atom is -0.444 e. The summed E-state index contributed by atoms with van der Waals surface area (Å²) in [4.78, 5) is 55.8. The third-order valence-electron chi connectivity index (χ3n) is 9.85. The molecule has 2 aliphatic heterocycles. The van der Waals surface area contributed by atoms with Crippen LogP contribution in [0.15, 0.2) is 47.5 Å². The first kappa shape index (κ1) is 36.3. The second-order valence-electron chi connectivity index (χ2n) is 14.7. The number of hydrogen-bond acceptors (Lipinski definition) is 7. The second-order valence-corrected chi connectivity index (χ2v) is 16.1. The van der Waals surface area contributed by atoms with Crippen LogP contribution in [-0.2, 0) is 33.7 Å². The molecule has 6 rings (SSSR count). The SMILES string of the molecule is Cc1cn(CCNC(=O)[C@H]2CN(C3c4ccc(Cl)cc4CCc4cc(Br)cnc43)CCN2C(=O)CC2CCN(C(=O)OC(C)(C)C)CC2)cn1. The maximum Gasteiger partial charge on any atom is 0.410 e. The Kier molecular flexibility index (Phi) is 11.2. The normalized spacial score (nSPS) is 20.1. The van der Waals surface area contributed by atoms with Gasteiger partial charge in [0.2, 0.25) is 11.8 Å². The molecule has 1 unspecified atom stereocenters. The molecule has 0 bridgehead atoms. The number of likely N-dealkylation sites (tertiary alicyclic amines) is 1. The molecule has 13 heteroatoms. The van der Waals surface area contributed by atoms with E-state index in [-0.39, 0.29) is 29.9 Å². The van der Waals surface area contributed by atoms with Crippen molar-refractivity contribution in [2.24, 2.45) is 5.92 Å². The first-order valence-electron chi connectivity index (χ1n) is 17.5. The molecule has 50 heavy (non-hydrogen) atoms. The Balaban J connectivity index is 1.21. The quantitative estimate of drug-likeness (QED) is 0.335. The summed E-state index contributed by atoms with van der Waals surface area (Å²) in [7, 11) is 0. The maximum atomic E-state index is 14.1. The van der Waals surface area contributed by atoms with E-state index >= 15 is 0 Å². The summed E-state index contributed by atoms with van der Waals surface area (Å²) in [5, 5.41) is 3.81. The fourth-order valence-corrected chi connectivity index (χ4v) is 7.95. The van der Waals surface area contributed by atoms with Crippen molar-refractivity contribution in [3.63, 3.8) is 0 Å². The molecule has 2 aromatic heterocycles. The van der Waals surface area contributed by atoms with Crippen LogP contribution in [0.4, 0.5) is 4.79 Å². The molecule has 1 aliphatic carbocycles. The number of carbonyl (C=O) groups is 3. The largest absolute Gasteiger partial charge is 0.444 e. The summed E-state index contributed by atoms with van der Waals surface area (Å²) in [5.74, 6) is -0.0738. The van der Waals surface area contributed by atoms with E-state index in [9.17, 15) is 14.4 Å². The summed E-state index contributed by atoms with van der Waals surface area (Å²) in [6.45, 7) is 11.0. The van der Waals surface area contributed by atoms with Gasteiger partial charge in [-0.3, -0.25) is 19.5 Å². The lowest BCUT2D eigenvalue weighted by Gasteiger charge is -2.44. The van der Waals surface area contributed by atoms with Gasteiger partial charge in [0.05, 0.1) is 23.8 Å². The number of pyridine rings is 1. The molecule has 3 aromatic rings. The molecule has 3 amide bonds. The Morgan fingerprint density at radius 3 is 2.52 bits per heavy atom. The van der Waals surface area contributed by atoms with Crippen LogP contribution in [0.2, 0.25) is 5.02 Å². The molecule has 2 saturated heterocycles. The van der Waals surface area contributed by atoms with Gasteiger partial charge in [0.1, 0.15) is 11.6 Å². The minimum atomic E-state index is -0.680. The predicted molar refractivity (Wildman–Crippen MR) is 195 cm³/mol. The van der Waals surface area contributed by atoms with Gasteiger partial charge in [0.15, 0.2) is 0 Å². The number of hydrogen-bond donors (Lipinski definition) is 1. The number of benzene rings is 1. The number of nitrogens with zero attached hydrogens (tertiary/aromatic N) is 6. The first-order valence-corrected chi connectivity index (χ1v) is 18.7. The second kappa shape index (κ2) is 15.4. The number of rotatable bonds is 7. The third kappa shape index (κ3) is 8.69. The van der Waals surface area contributed by atoms with Gasteiger partial charge < -0.3 is 24.4 Å². The van der Waals surface area contributed by atoms with Crippen molar-refractivity contribution in [2.45, 2.75) is 84.0 Å². The van der Waals surface area contributed by atoms with E-state index in [1.807, 2.05) is 56.8 Å². The highest BCUT2D eigenvalue weighted by molar-refractivity contribution is 9.10. The van der Waals surface area contributed by atoms with Gasteiger partial charge in [0.25, 0.3) is 0 Å². The number of imidazole rings is 1. The number of piperazine rings is 1. The molecule has 0 radical (unpaired) electrons. The van der Waals surface area contributed by atoms with E-state index < -0.39 is 11.6 Å². The van der Waals surface area contributed by atoms with Crippen LogP contribution in [0.1, 0.15) is 74.2 Å². The molecular formula is C37H47BrClN7O4. The van der Waals surface area contributed by atoms with E-state index in [1.165, 1.54) is 5.56 Å². The minimum absolute atomic E-state index is 0.0266. The lowest BCUT2D eigenvalue weighted by molar-refractivity contribution is -0.145. The van der Waals surface area contributed by atoms with E-state index in [4.69, 9.17) is 21.3 Å². The molecule has 3 aliphatic rings. The van der Waals surface area contributed by atoms with Gasteiger partial charge in [-0.15, -0.1) is 0 Å². The van der Waals surface area contributed by atoms with E-state index in [2.05, 4.69) is 43.3 Å². The van der Waals surface area contributed by atoms with Crippen molar-refractivity contribution in [3.05, 3.63) is 80.6 Å². The summed E-state index contributed by atoms with van der Waals surface area (Å²) in [6.07, 6.45) is 8.65. The van der Waals surface area contributed by atoms with Crippen LogP contribution >= 0.6 is 27.5 Å². The smallest absolute Gasteiger partial charge is 0.410 e. The summed E-state index contributed by atoms with van der Waals surface area (Å²) in [5.41, 5.74) is 4.79. The highest BCUT2D eigenvalue weighted by Gasteiger charge is 2.41. The van der Waals surface area contributed by atoms with E-state index in [1.54, 1.807) is 16.1 Å². The van der Waals surface area contributed by atoms with Crippen LogP contribution in [-0.4, -0.2) is 98.1 Å². The summed E-state index contributed by atoms with van der Waals surface area (Å²) >= 11 is 10.1. The lowest BCUT2D eigenvalue weighted by atomic mass is 9.92. The van der Waals surface area contributed by atoms with Gasteiger partial charge in [-0.2, -0.15) is 0 Å². The van der Waals surface area contributed by atoms with Crippen molar-refractivity contribution >= 4 is 45.4 Å². The number of piperidine rings is 1. The molecule has 1 N–H and O–H groups in total. The highest BCUT2D eigenvalue weighted by atomic mass is 79.9. The zero-order valence-corrected chi connectivity index (χ0v) is 31.7. The number of aromatic nitrogens is 3.